The Kier molecular flexibility index (Phi) is 4.53. The fourth-order valence-electron chi connectivity index (χ4n) is 2.34. The highest BCUT2D eigenvalue weighted by molar-refractivity contribution is 5.58. The van der Waals surface area contributed by atoms with E-state index in [0.29, 0.717) is 12.0 Å². The van der Waals surface area contributed by atoms with Crippen LogP contribution in [0.5, 0.6) is 0 Å². The number of halogens is 1. The average Bonchev–Trinajstić information content (AvgIpc) is 3.17. The normalized spacial score (nSPS) is 10.3. The van der Waals surface area contributed by atoms with Crippen LogP contribution in [0.25, 0.3) is 11.4 Å². The molecule has 0 radical (unpaired) electrons. The molecule has 0 aliphatic heterocycles. The lowest BCUT2D eigenvalue weighted by atomic mass is 10.1. The Morgan fingerprint density at radius 2 is 2.17 bits per heavy atom. The van der Waals surface area contributed by atoms with E-state index in [2.05, 4.69) is 38.9 Å². The molecular formula is C18H17FN4. The van der Waals surface area contributed by atoms with Crippen molar-refractivity contribution in [3.05, 3.63) is 59.4 Å². The summed E-state index contributed by atoms with van der Waals surface area (Å²) in [6, 6.07) is 6.26. The monoisotopic (exact) mass is 308 g/mol. The number of nitrogens with one attached hydrogen (secondary N) is 2. The molecule has 4 nitrogen and oxygen atoms in total. The Hall–Kier alpha value is -2.87. The van der Waals surface area contributed by atoms with Crippen LogP contribution in [0, 0.1) is 17.7 Å². The van der Waals surface area contributed by atoms with Crippen LogP contribution in [0.1, 0.15) is 30.3 Å². The Morgan fingerprint density at radius 1 is 1.26 bits per heavy atom. The second kappa shape index (κ2) is 6.93. The van der Waals surface area contributed by atoms with E-state index < -0.39 is 0 Å². The molecule has 0 saturated carbocycles. The Labute approximate surface area is 134 Å². The highest BCUT2D eigenvalue weighted by Gasteiger charge is 2.10. The van der Waals surface area contributed by atoms with E-state index in [-0.39, 0.29) is 5.82 Å². The third kappa shape index (κ3) is 3.67. The second-order valence-electron chi connectivity index (χ2n) is 5.26. The number of H-pyrrole nitrogens is 2. The number of imidazole rings is 1. The quantitative estimate of drug-likeness (QED) is 0.725. The molecule has 1 aromatic carbocycles. The molecule has 3 aromatic rings. The SMILES string of the molecule is CCCc1cnc(-c2cn[nH]c2CC#Cc2cccc(F)c2)[nH]1. The molecule has 23 heavy (non-hydrogen) atoms. The number of benzene rings is 1. The van der Waals surface area contributed by atoms with Crippen molar-refractivity contribution >= 4 is 0 Å². The van der Waals surface area contributed by atoms with Gasteiger partial charge in [-0.3, -0.25) is 5.10 Å². The molecule has 0 atom stereocenters. The van der Waals surface area contributed by atoms with E-state index in [1.54, 1.807) is 18.3 Å². The van der Waals surface area contributed by atoms with Crippen molar-refractivity contribution < 1.29 is 4.39 Å². The lowest BCUT2D eigenvalue weighted by Crippen LogP contribution is -1.89. The zero-order valence-electron chi connectivity index (χ0n) is 12.9. The van der Waals surface area contributed by atoms with Gasteiger partial charge in [0, 0.05) is 17.5 Å². The lowest BCUT2D eigenvalue weighted by molar-refractivity contribution is 0.627. The first-order valence-electron chi connectivity index (χ1n) is 7.57. The van der Waals surface area contributed by atoms with E-state index in [0.717, 1.165) is 35.6 Å². The zero-order valence-corrected chi connectivity index (χ0v) is 12.9. The van der Waals surface area contributed by atoms with Gasteiger partial charge in [0.1, 0.15) is 11.6 Å². The maximum atomic E-state index is 13.1. The summed E-state index contributed by atoms with van der Waals surface area (Å²) in [5.74, 6) is 6.52. The summed E-state index contributed by atoms with van der Waals surface area (Å²) in [5, 5.41) is 7.04. The Balaban J connectivity index is 1.76. The maximum Gasteiger partial charge on any atom is 0.140 e. The number of hydrogen-bond acceptors (Lipinski definition) is 2. The summed E-state index contributed by atoms with van der Waals surface area (Å²) in [6.45, 7) is 2.13. The van der Waals surface area contributed by atoms with Crippen molar-refractivity contribution in [1.82, 2.24) is 20.2 Å². The summed E-state index contributed by atoms with van der Waals surface area (Å²) in [6.07, 6.45) is 6.13. The smallest absolute Gasteiger partial charge is 0.140 e. The minimum atomic E-state index is -0.280. The standard InChI is InChI=1S/C18H17FN4/c1-2-5-15-11-20-18(22-15)16-12-21-23-17(16)9-4-7-13-6-3-8-14(19)10-13/h3,6,8,10-12H,2,5,9H2,1H3,(H,20,22)(H,21,23). The van der Waals surface area contributed by atoms with Gasteiger partial charge in [0.25, 0.3) is 0 Å². The van der Waals surface area contributed by atoms with Gasteiger partial charge in [-0.25, -0.2) is 9.37 Å². The van der Waals surface area contributed by atoms with Gasteiger partial charge in [0.15, 0.2) is 0 Å². The number of aromatic amines is 2. The molecule has 0 saturated heterocycles. The van der Waals surface area contributed by atoms with Gasteiger partial charge in [-0.05, 0) is 24.6 Å². The maximum absolute atomic E-state index is 13.1. The molecule has 5 heteroatoms. The van der Waals surface area contributed by atoms with Crippen molar-refractivity contribution in [3.8, 4) is 23.2 Å². The first-order chi connectivity index (χ1) is 11.3. The molecule has 0 aliphatic carbocycles. The first-order valence-corrected chi connectivity index (χ1v) is 7.57. The van der Waals surface area contributed by atoms with Crippen LogP contribution >= 0.6 is 0 Å². The molecule has 2 aromatic heterocycles. The summed E-state index contributed by atoms with van der Waals surface area (Å²) < 4.78 is 13.1. The van der Waals surface area contributed by atoms with Crippen LogP contribution in [-0.4, -0.2) is 20.2 Å². The summed E-state index contributed by atoms with van der Waals surface area (Å²) in [4.78, 5) is 7.71. The number of nitrogens with zero attached hydrogens (tertiary/aromatic N) is 2. The highest BCUT2D eigenvalue weighted by Crippen LogP contribution is 2.19. The predicted molar refractivity (Wildman–Crippen MR) is 87.1 cm³/mol. The molecule has 0 bridgehead atoms. The van der Waals surface area contributed by atoms with Crippen LogP contribution < -0.4 is 0 Å². The van der Waals surface area contributed by atoms with Crippen molar-refractivity contribution in [2.75, 3.05) is 0 Å². The number of rotatable bonds is 4. The van der Waals surface area contributed by atoms with Crippen molar-refractivity contribution in [3.63, 3.8) is 0 Å². The van der Waals surface area contributed by atoms with Crippen molar-refractivity contribution in [1.29, 1.82) is 0 Å². The first kappa shape index (κ1) is 15.0. The van der Waals surface area contributed by atoms with E-state index in [1.807, 2.05) is 6.20 Å². The molecule has 0 aliphatic rings. The van der Waals surface area contributed by atoms with Gasteiger partial charge in [0.05, 0.1) is 23.9 Å². The minimum Gasteiger partial charge on any atom is -0.342 e. The highest BCUT2D eigenvalue weighted by atomic mass is 19.1. The molecule has 0 unspecified atom stereocenters. The van der Waals surface area contributed by atoms with Gasteiger partial charge < -0.3 is 4.98 Å². The average molecular weight is 308 g/mol. The number of hydrogen-bond donors (Lipinski definition) is 2. The van der Waals surface area contributed by atoms with Gasteiger partial charge in [-0.2, -0.15) is 5.10 Å². The Morgan fingerprint density at radius 3 is 3.00 bits per heavy atom. The van der Waals surface area contributed by atoms with Gasteiger partial charge in [-0.1, -0.05) is 31.3 Å². The second-order valence-corrected chi connectivity index (χ2v) is 5.26. The van der Waals surface area contributed by atoms with E-state index in [1.165, 1.54) is 12.1 Å². The van der Waals surface area contributed by atoms with Crippen LogP contribution in [0.3, 0.4) is 0 Å². The van der Waals surface area contributed by atoms with Crippen molar-refractivity contribution in [2.45, 2.75) is 26.2 Å². The number of aryl methyl sites for hydroxylation is 1. The molecule has 0 spiro atoms. The molecule has 0 amide bonds. The van der Waals surface area contributed by atoms with Crippen LogP contribution in [0.15, 0.2) is 36.7 Å². The third-order valence-corrected chi connectivity index (χ3v) is 3.44. The summed E-state index contributed by atoms with van der Waals surface area (Å²) in [5.41, 5.74) is 3.59. The largest absolute Gasteiger partial charge is 0.342 e. The van der Waals surface area contributed by atoms with Gasteiger partial charge in [-0.15, -0.1) is 0 Å². The topological polar surface area (TPSA) is 57.4 Å². The fraction of sp³-hybridized carbons (Fsp3) is 0.222. The molecule has 0 fully saturated rings. The van der Waals surface area contributed by atoms with Crippen LogP contribution in [0.2, 0.25) is 0 Å². The van der Waals surface area contributed by atoms with Crippen LogP contribution in [0.4, 0.5) is 4.39 Å². The molecule has 2 heterocycles. The summed E-state index contributed by atoms with van der Waals surface area (Å²) in [7, 11) is 0. The molecule has 2 N–H and O–H groups in total. The lowest BCUT2D eigenvalue weighted by Gasteiger charge is -1.96. The van der Waals surface area contributed by atoms with E-state index >= 15 is 0 Å². The van der Waals surface area contributed by atoms with E-state index in [4.69, 9.17) is 0 Å². The Bertz CT molecular complexity index is 851. The van der Waals surface area contributed by atoms with Gasteiger partial charge in [0.2, 0.25) is 0 Å². The zero-order chi connectivity index (χ0) is 16.1. The van der Waals surface area contributed by atoms with Crippen LogP contribution in [-0.2, 0) is 12.8 Å². The summed E-state index contributed by atoms with van der Waals surface area (Å²) >= 11 is 0. The molecular weight excluding hydrogens is 291 g/mol. The molecule has 116 valence electrons. The van der Waals surface area contributed by atoms with Crippen molar-refractivity contribution in [2.24, 2.45) is 0 Å². The third-order valence-electron chi connectivity index (χ3n) is 3.44. The minimum absolute atomic E-state index is 0.280. The predicted octanol–water partition coefficient (Wildman–Crippen LogP) is 3.49. The van der Waals surface area contributed by atoms with E-state index in [9.17, 15) is 4.39 Å². The number of aromatic nitrogens is 4. The molecule has 3 rings (SSSR count). The van der Waals surface area contributed by atoms with Gasteiger partial charge >= 0.3 is 0 Å². The fourth-order valence-corrected chi connectivity index (χ4v) is 2.34.